The maximum Gasteiger partial charge on any atom is 0.0992 e. The van der Waals surface area contributed by atoms with E-state index < -0.39 is 0 Å². The third kappa shape index (κ3) is 2.25. The molecule has 2 aromatic carbocycles. The van der Waals surface area contributed by atoms with Crippen LogP contribution in [0.3, 0.4) is 0 Å². The van der Waals surface area contributed by atoms with Gasteiger partial charge in [0.15, 0.2) is 0 Å². The Hall–Kier alpha value is -1.99. The highest BCUT2D eigenvalue weighted by atomic mass is 79.9. The second kappa shape index (κ2) is 5.18. The standard InChI is InChI=1S/C16H14BrN3/c17-14-8-11(9-18)4-5-16(14)20-7-6-12-2-1-3-15(19)13(12)10-20/h1-5,8H,6-7,10,19H2. The Kier molecular flexibility index (Phi) is 3.37. The van der Waals surface area contributed by atoms with E-state index in [1.807, 2.05) is 30.3 Å². The van der Waals surface area contributed by atoms with Gasteiger partial charge in [-0.25, -0.2) is 0 Å². The van der Waals surface area contributed by atoms with Crippen molar-refractivity contribution in [3.63, 3.8) is 0 Å². The van der Waals surface area contributed by atoms with Crippen molar-refractivity contribution in [2.24, 2.45) is 0 Å². The first-order chi connectivity index (χ1) is 9.69. The minimum Gasteiger partial charge on any atom is -0.398 e. The average molecular weight is 328 g/mol. The fourth-order valence-corrected chi connectivity index (χ4v) is 3.27. The molecule has 1 aliphatic rings. The summed E-state index contributed by atoms with van der Waals surface area (Å²) in [7, 11) is 0. The maximum atomic E-state index is 8.93. The van der Waals surface area contributed by atoms with Crippen LogP contribution in [0.4, 0.5) is 11.4 Å². The second-order valence-corrected chi connectivity index (χ2v) is 5.79. The van der Waals surface area contributed by atoms with Crippen molar-refractivity contribution in [2.45, 2.75) is 13.0 Å². The molecule has 0 amide bonds. The van der Waals surface area contributed by atoms with Gasteiger partial charge in [0.05, 0.1) is 17.3 Å². The van der Waals surface area contributed by atoms with Gasteiger partial charge in [-0.05, 0) is 57.7 Å². The van der Waals surface area contributed by atoms with Crippen molar-refractivity contribution in [1.82, 2.24) is 0 Å². The maximum absolute atomic E-state index is 8.93. The third-order valence-corrected chi connectivity index (χ3v) is 4.36. The Morgan fingerprint density at radius 1 is 1.25 bits per heavy atom. The molecule has 0 saturated carbocycles. The fourth-order valence-electron chi connectivity index (χ4n) is 2.65. The lowest BCUT2D eigenvalue weighted by Gasteiger charge is -2.32. The Balaban J connectivity index is 1.95. The molecule has 3 nitrogen and oxygen atoms in total. The first kappa shape index (κ1) is 13.0. The Bertz CT molecular complexity index is 703. The summed E-state index contributed by atoms with van der Waals surface area (Å²) in [4.78, 5) is 2.30. The van der Waals surface area contributed by atoms with Gasteiger partial charge in [0.1, 0.15) is 0 Å². The highest BCUT2D eigenvalue weighted by Crippen LogP contribution is 2.32. The van der Waals surface area contributed by atoms with Gasteiger partial charge in [-0.15, -0.1) is 0 Å². The smallest absolute Gasteiger partial charge is 0.0992 e. The lowest BCUT2D eigenvalue weighted by atomic mass is 9.97. The van der Waals surface area contributed by atoms with E-state index in [2.05, 4.69) is 33.0 Å². The zero-order valence-electron chi connectivity index (χ0n) is 10.9. The number of nitriles is 1. The molecule has 1 heterocycles. The Morgan fingerprint density at radius 3 is 2.85 bits per heavy atom. The summed E-state index contributed by atoms with van der Waals surface area (Å²) in [5, 5.41) is 8.93. The SMILES string of the molecule is N#Cc1ccc(N2CCc3cccc(N)c3C2)c(Br)c1. The van der Waals surface area contributed by atoms with Gasteiger partial charge in [0.2, 0.25) is 0 Å². The van der Waals surface area contributed by atoms with Gasteiger partial charge in [-0.3, -0.25) is 0 Å². The average Bonchev–Trinajstić information content (AvgIpc) is 2.47. The van der Waals surface area contributed by atoms with Gasteiger partial charge in [-0.1, -0.05) is 12.1 Å². The van der Waals surface area contributed by atoms with Crippen LogP contribution in [-0.4, -0.2) is 6.54 Å². The quantitative estimate of drug-likeness (QED) is 0.816. The minimum atomic E-state index is 0.664. The monoisotopic (exact) mass is 327 g/mol. The summed E-state index contributed by atoms with van der Waals surface area (Å²) >= 11 is 3.56. The van der Waals surface area contributed by atoms with E-state index in [0.29, 0.717) is 5.56 Å². The number of anilines is 2. The Labute approximate surface area is 126 Å². The first-order valence-corrected chi connectivity index (χ1v) is 7.29. The highest BCUT2D eigenvalue weighted by molar-refractivity contribution is 9.10. The van der Waals surface area contributed by atoms with E-state index in [-0.39, 0.29) is 0 Å². The topological polar surface area (TPSA) is 53.0 Å². The number of hydrogen-bond acceptors (Lipinski definition) is 3. The van der Waals surface area contributed by atoms with Crippen LogP contribution in [-0.2, 0) is 13.0 Å². The van der Waals surface area contributed by atoms with Crippen LogP contribution < -0.4 is 10.6 Å². The molecule has 0 unspecified atom stereocenters. The van der Waals surface area contributed by atoms with Crippen LogP contribution in [0.2, 0.25) is 0 Å². The predicted octanol–water partition coefficient (Wildman–Crippen LogP) is 3.47. The fraction of sp³-hybridized carbons (Fsp3) is 0.188. The number of hydrogen-bond donors (Lipinski definition) is 1. The van der Waals surface area contributed by atoms with E-state index in [1.165, 1.54) is 11.1 Å². The lowest BCUT2D eigenvalue weighted by Crippen LogP contribution is -2.31. The van der Waals surface area contributed by atoms with Crippen LogP contribution in [0.25, 0.3) is 0 Å². The number of rotatable bonds is 1. The summed E-state index contributed by atoms with van der Waals surface area (Å²) in [5.74, 6) is 0. The van der Waals surface area contributed by atoms with Gasteiger partial charge in [0.25, 0.3) is 0 Å². The first-order valence-electron chi connectivity index (χ1n) is 6.50. The largest absolute Gasteiger partial charge is 0.398 e. The minimum absolute atomic E-state index is 0.664. The van der Waals surface area contributed by atoms with Crippen molar-refractivity contribution in [3.8, 4) is 6.07 Å². The van der Waals surface area contributed by atoms with E-state index in [0.717, 1.165) is 35.4 Å². The van der Waals surface area contributed by atoms with Crippen LogP contribution in [0.5, 0.6) is 0 Å². The van der Waals surface area contributed by atoms with Crippen LogP contribution in [0.1, 0.15) is 16.7 Å². The molecular weight excluding hydrogens is 314 g/mol. The molecule has 0 aliphatic carbocycles. The number of benzene rings is 2. The zero-order valence-corrected chi connectivity index (χ0v) is 12.5. The molecule has 0 aromatic heterocycles. The van der Waals surface area contributed by atoms with Crippen molar-refractivity contribution < 1.29 is 0 Å². The van der Waals surface area contributed by atoms with Crippen LogP contribution >= 0.6 is 15.9 Å². The third-order valence-electron chi connectivity index (χ3n) is 3.73. The molecule has 0 bridgehead atoms. The summed E-state index contributed by atoms with van der Waals surface area (Å²) in [6.45, 7) is 1.77. The second-order valence-electron chi connectivity index (χ2n) is 4.93. The molecule has 20 heavy (non-hydrogen) atoms. The van der Waals surface area contributed by atoms with Gasteiger partial charge >= 0.3 is 0 Å². The lowest BCUT2D eigenvalue weighted by molar-refractivity contribution is 0.732. The van der Waals surface area contributed by atoms with E-state index in [9.17, 15) is 0 Å². The summed E-state index contributed by atoms with van der Waals surface area (Å²) < 4.78 is 0.953. The molecule has 3 rings (SSSR count). The molecule has 2 N–H and O–H groups in total. The molecule has 0 radical (unpaired) electrons. The summed E-state index contributed by atoms with van der Waals surface area (Å²) in [6, 6.07) is 14.0. The summed E-state index contributed by atoms with van der Waals surface area (Å²) in [6.07, 6.45) is 0.993. The highest BCUT2D eigenvalue weighted by Gasteiger charge is 2.19. The molecule has 0 fully saturated rings. The van der Waals surface area contributed by atoms with E-state index in [1.54, 1.807) is 0 Å². The van der Waals surface area contributed by atoms with Crippen molar-refractivity contribution in [1.29, 1.82) is 5.26 Å². The van der Waals surface area contributed by atoms with Crippen LogP contribution in [0.15, 0.2) is 40.9 Å². The number of nitrogens with two attached hydrogens (primary N) is 1. The normalized spacial score (nSPS) is 13.7. The van der Waals surface area contributed by atoms with Gasteiger partial charge < -0.3 is 10.6 Å². The van der Waals surface area contributed by atoms with Crippen molar-refractivity contribution >= 4 is 27.3 Å². The molecule has 100 valence electrons. The number of nitrogen functional groups attached to an aromatic ring is 1. The van der Waals surface area contributed by atoms with E-state index >= 15 is 0 Å². The molecule has 0 spiro atoms. The van der Waals surface area contributed by atoms with Gasteiger partial charge in [-0.2, -0.15) is 5.26 Å². The summed E-state index contributed by atoms with van der Waals surface area (Å²) in [5.41, 5.74) is 11.3. The molecule has 0 saturated heterocycles. The predicted molar refractivity (Wildman–Crippen MR) is 84.5 cm³/mol. The molecular formula is C16H14BrN3. The van der Waals surface area contributed by atoms with Crippen molar-refractivity contribution in [2.75, 3.05) is 17.2 Å². The molecule has 2 aromatic rings. The van der Waals surface area contributed by atoms with Gasteiger partial charge in [0, 0.05) is 23.2 Å². The molecule has 1 aliphatic heterocycles. The molecule has 0 atom stereocenters. The van der Waals surface area contributed by atoms with E-state index in [4.69, 9.17) is 11.0 Å². The zero-order chi connectivity index (χ0) is 14.1. The molecule has 4 heteroatoms. The number of fused-ring (bicyclic) bond motifs is 1. The van der Waals surface area contributed by atoms with Crippen molar-refractivity contribution in [3.05, 3.63) is 57.6 Å². The Morgan fingerprint density at radius 2 is 2.10 bits per heavy atom. The number of nitrogens with zero attached hydrogens (tertiary/aromatic N) is 2. The number of halogens is 1. The van der Waals surface area contributed by atoms with Crippen LogP contribution in [0, 0.1) is 11.3 Å².